The molecule has 1 aromatic heterocycles. The highest BCUT2D eigenvalue weighted by atomic mass is 16.5. The van der Waals surface area contributed by atoms with Crippen LogP contribution in [0.4, 0.5) is 0 Å². The van der Waals surface area contributed by atoms with Crippen LogP contribution in [0.2, 0.25) is 0 Å². The van der Waals surface area contributed by atoms with Crippen molar-refractivity contribution in [3.05, 3.63) is 47.7 Å². The number of pyridine rings is 1. The largest absolute Gasteiger partial charge is 0.496 e. The van der Waals surface area contributed by atoms with Gasteiger partial charge < -0.3 is 4.74 Å². The van der Waals surface area contributed by atoms with Gasteiger partial charge in [0, 0.05) is 17.3 Å². The molecule has 17 heavy (non-hydrogen) atoms. The van der Waals surface area contributed by atoms with Gasteiger partial charge in [0.15, 0.2) is 0 Å². The van der Waals surface area contributed by atoms with Gasteiger partial charge in [-0.1, -0.05) is 12.0 Å². The summed E-state index contributed by atoms with van der Waals surface area (Å²) in [5.41, 5.74) is 3.76. The van der Waals surface area contributed by atoms with Crippen LogP contribution in [0, 0.1) is 19.3 Å². The van der Waals surface area contributed by atoms with Crippen LogP contribution in [0.5, 0.6) is 5.75 Å². The zero-order valence-electron chi connectivity index (χ0n) is 9.90. The summed E-state index contributed by atoms with van der Waals surface area (Å²) in [7, 11) is 1.65. The molecule has 2 nitrogen and oxygen atoms in total. The van der Waals surface area contributed by atoms with Crippen molar-refractivity contribution in [2.75, 3.05) is 7.11 Å². The maximum Gasteiger partial charge on any atom is 0.128 e. The van der Waals surface area contributed by atoms with Gasteiger partial charge in [-0.05, 0) is 36.8 Å². The minimum Gasteiger partial charge on any atom is -0.496 e. The van der Waals surface area contributed by atoms with E-state index >= 15 is 0 Å². The number of terminal acetylenes is 1. The van der Waals surface area contributed by atoms with Crippen LogP contribution in [0.1, 0.15) is 11.1 Å². The van der Waals surface area contributed by atoms with E-state index in [-0.39, 0.29) is 0 Å². The SMILES string of the molecule is C#Cc1ccc(OC)c(-c2ncccc2C)c1. The Morgan fingerprint density at radius 2 is 2.12 bits per heavy atom. The van der Waals surface area contributed by atoms with E-state index in [2.05, 4.69) is 10.9 Å². The van der Waals surface area contributed by atoms with Crippen molar-refractivity contribution < 1.29 is 4.74 Å². The van der Waals surface area contributed by atoms with Crippen LogP contribution in [0.3, 0.4) is 0 Å². The molecule has 2 heteroatoms. The lowest BCUT2D eigenvalue weighted by atomic mass is 10.0. The molecule has 2 aromatic rings. The number of benzene rings is 1. The minimum absolute atomic E-state index is 0.783. The van der Waals surface area contributed by atoms with Gasteiger partial charge in [0.05, 0.1) is 12.8 Å². The van der Waals surface area contributed by atoms with E-state index in [1.807, 2.05) is 37.3 Å². The van der Waals surface area contributed by atoms with Gasteiger partial charge in [0.25, 0.3) is 0 Å². The van der Waals surface area contributed by atoms with E-state index < -0.39 is 0 Å². The Balaban J connectivity index is 2.65. The third-order valence-electron chi connectivity index (χ3n) is 2.63. The smallest absolute Gasteiger partial charge is 0.128 e. The molecule has 0 saturated carbocycles. The molecule has 0 atom stereocenters. The summed E-state index contributed by atoms with van der Waals surface area (Å²) in [6.45, 7) is 2.02. The minimum atomic E-state index is 0.783. The highest BCUT2D eigenvalue weighted by molar-refractivity contribution is 5.71. The van der Waals surface area contributed by atoms with Crippen molar-refractivity contribution in [2.45, 2.75) is 6.92 Å². The van der Waals surface area contributed by atoms with Crippen molar-refractivity contribution in [2.24, 2.45) is 0 Å². The Morgan fingerprint density at radius 1 is 1.29 bits per heavy atom. The van der Waals surface area contributed by atoms with E-state index in [4.69, 9.17) is 11.2 Å². The van der Waals surface area contributed by atoms with Gasteiger partial charge >= 0.3 is 0 Å². The summed E-state index contributed by atoms with van der Waals surface area (Å²) in [5.74, 6) is 3.41. The number of rotatable bonds is 2. The van der Waals surface area contributed by atoms with Gasteiger partial charge in [-0.2, -0.15) is 0 Å². The number of aryl methyl sites for hydroxylation is 1. The summed E-state index contributed by atoms with van der Waals surface area (Å²) < 4.78 is 5.35. The molecular weight excluding hydrogens is 210 g/mol. The zero-order chi connectivity index (χ0) is 12.3. The van der Waals surface area contributed by atoms with E-state index in [1.54, 1.807) is 13.3 Å². The molecule has 0 saturated heterocycles. The second kappa shape index (κ2) is 4.71. The van der Waals surface area contributed by atoms with Crippen LogP contribution in [-0.4, -0.2) is 12.1 Å². The molecule has 2 rings (SSSR count). The number of methoxy groups -OCH3 is 1. The third kappa shape index (κ3) is 2.14. The average molecular weight is 223 g/mol. The molecule has 0 radical (unpaired) electrons. The zero-order valence-corrected chi connectivity index (χ0v) is 9.90. The fraction of sp³-hybridized carbons (Fsp3) is 0.133. The standard InChI is InChI=1S/C15H13NO/c1-4-12-7-8-14(17-3)13(10-12)15-11(2)6-5-9-16-15/h1,5-10H,2-3H3. The molecule has 0 aliphatic heterocycles. The first kappa shape index (κ1) is 11.2. The fourth-order valence-electron chi connectivity index (χ4n) is 1.75. The van der Waals surface area contributed by atoms with Crippen molar-refractivity contribution >= 4 is 0 Å². The van der Waals surface area contributed by atoms with Crippen molar-refractivity contribution in [3.8, 4) is 29.4 Å². The second-order valence-electron chi connectivity index (χ2n) is 3.73. The van der Waals surface area contributed by atoms with E-state index in [1.165, 1.54) is 0 Å². The number of nitrogens with zero attached hydrogens (tertiary/aromatic N) is 1. The van der Waals surface area contributed by atoms with Crippen molar-refractivity contribution in [1.82, 2.24) is 4.98 Å². The first-order valence-corrected chi connectivity index (χ1v) is 5.33. The Labute approximate surface area is 101 Å². The number of hydrogen-bond acceptors (Lipinski definition) is 2. The summed E-state index contributed by atoms with van der Waals surface area (Å²) in [6.07, 6.45) is 7.18. The van der Waals surface area contributed by atoms with E-state index in [0.29, 0.717) is 0 Å². The van der Waals surface area contributed by atoms with Gasteiger partial charge in [-0.15, -0.1) is 6.42 Å². The highest BCUT2D eigenvalue weighted by Crippen LogP contribution is 2.31. The summed E-state index contributed by atoms with van der Waals surface area (Å²) in [5, 5.41) is 0. The Kier molecular flexibility index (Phi) is 3.11. The highest BCUT2D eigenvalue weighted by Gasteiger charge is 2.09. The number of hydrogen-bond donors (Lipinski definition) is 0. The average Bonchev–Trinajstić information content (AvgIpc) is 2.38. The molecule has 0 aliphatic rings. The lowest BCUT2D eigenvalue weighted by Gasteiger charge is -2.10. The van der Waals surface area contributed by atoms with Gasteiger partial charge in [0.2, 0.25) is 0 Å². The lowest BCUT2D eigenvalue weighted by molar-refractivity contribution is 0.416. The maximum absolute atomic E-state index is 5.42. The van der Waals surface area contributed by atoms with Crippen LogP contribution < -0.4 is 4.74 Å². The summed E-state index contributed by atoms with van der Waals surface area (Å²) >= 11 is 0. The molecule has 0 aliphatic carbocycles. The van der Waals surface area contributed by atoms with E-state index in [0.717, 1.165) is 28.1 Å². The lowest BCUT2D eigenvalue weighted by Crippen LogP contribution is -1.93. The van der Waals surface area contributed by atoms with Gasteiger partial charge in [-0.25, -0.2) is 0 Å². The molecule has 84 valence electrons. The van der Waals surface area contributed by atoms with Crippen molar-refractivity contribution in [1.29, 1.82) is 0 Å². The topological polar surface area (TPSA) is 22.1 Å². The fourth-order valence-corrected chi connectivity index (χ4v) is 1.75. The predicted octanol–water partition coefficient (Wildman–Crippen LogP) is 3.05. The Hall–Kier alpha value is -2.27. The van der Waals surface area contributed by atoms with Crippen LogP contribution in [0.25, 0.3) is 11.3 Å². The van der Waals surface area contributed by atoms with Gasteiger partial charge in [-0.3, -0.25) is 4.98 Å². The Morgan fingerprint density at radius 3 is 2.76 bits per heavy atom. The quantitative estimate of drug-likeness (QED) is 0.730. The number of aromatic nitrogens is 1. The third-order valence-corrected chi connectivity index (χ3v) is 2.63. The molecule has 1 aromatic carbocycles. The predicted molar refractivity (Wildman–Crippen MR) is 68.9 cm³/mol. The van der Waals surface area contributed by atoms with E-state index in [9.17, 15) is 0 Å². The second-order valence-corrected chi connectivity index (χ2v) is 3.73. The number of ether oxygens (including phenoxy) is 1. The molecule has 0 spiro atoms. The first-order chi connectivity index (χ1) is 8.26. The van der Waals surface area contributed by atoms with Crippen LogP contribution in [0.15, 0.2) is 36.5 Å². The summed E-state index contributed by atoms with van der Waals surface area (Å²) in [6, 6.07) is 9.59. The molecule has 0 bridgehead atoms. The van der Waals surface area contributed by atoms with Crippen molar-refractivity contribution in [3.63, 3.8) is 0 Å². The van der Waals surface area contributed by atoms with Gasteiger partial charge in [0.1, 0.15) is 5.75 Å². The van der Waals surface area contributed by atoms with Crippen LogP contribution in [-0.2, 0) is 0 Å². The molecule has 0 unspecified atom stereocenters. The molecule has 0 amide bonds. The summed E-state index contributed by atoms with van der Waals surface area (Å²) in [4.78, 5) is 4.38. The monoisotopic (exact) mass is 223 g/mol. The Bertz CT molecular complexity index is 582. The normalized spacial score (nSPS) is 9.71. The molecule has 0 fully saturated rings. The first-order valence-electron chi connectivity index (χ1n) is 5.33. The van der Waals surface area contributed by atoms with Crippen LogP contribution >= 0.6 is 0 Å². The molecule has 0 N–H and O–H groups in total. The molecular formula is C15H13NO. The molecule has 1 heterocycles. The maximum atomic E-state index is 5.42.